The normalized spacial score (nSPS) is 13.5. The Morgan fingerprint density at radius 2 is 1.78 bits per heavy atom. The van der Waals surface area contributed by atoms with Crippen molar-refractivity contribution in [1.82, 2.24) is 0 Å². The number of ketones is 1. The Kier molecular flexibility index (Phi) is 7.97. The zero-order valence-electron chi connectivity index (χ0n) is 19.9. The first-order valence-electron chi connectivity index (χ1n) is 11.7. The van der Waals surface area contributed by atoms with Gasteiger partial charge in [-0.15, -0.1) is 0 Å². The molecule has 3 aromatic rings. The summed E-state index contributed by atoms with van der Waals surface area (Å²) in [6.45, 7) is 2.48. The number of rotatable bonds is 11. The van der Waals surface area contributed by atoms with Crippen molar-refractivity contribution < 1.29 is 33.7 Å². The summed E-state index contributed by atoms with van der Waals surface area (Å²) in [5, 5.41) is 9.25. The van der Waals surface area contributed by atoms with E-state index in [2.05, 4.69) is 0 Å². The molecule has 1 aliphatic rings. The third kappa shape index (κ3) is 5.90. The Hall–Kier alpha value is -4.17. The minimum Gasteiger partial charge on any atom is -0.492 e. The van der Waals surface area contributed by atoms with Gasteiger partial charge in [0.2, 0.25) is 0 Å². The smallest absolute Gasteiger partial charge is 0.333 e. The standard InChI is InChI=1S/C28H27NO7/c1-2-34-25(28(32)33)16-19-8-11-22(12-9-19)35-15-14-29-23-17-21(10-13-24(23)36-18-26(29)30)27(31)20-6-4-3-5-7-20/h3-13,17,25H,2,14-16,18H2,1H3,(H,32,33). The van der Waals surface area contributed by atoms with Gasteiger partial charge in [0, 0.05) is 24.2 Å². The van der Waals surface area contributed by atoms with Crippen LogP contribution in [-0.4, -0.2) is 55.2 Å². The molecule has 0 aliphatic carbocycles. The molecule has 0 saturated heterocycles. The van der Waals surface area contributed by atoms with Gasteiger partial charge in [-0.1, -0.05) is 42.5 Å². The molecule has 0 saturated carbocycles. The molecule has 36 heavy (non-hydrogen) atoms. The van der Waals surface area contributed by atoms with E-state index in [1.807, 2.05) is 6.07 Å². The summed E-state index contributed by atoms with van der Waals surface area (Å²) in [5.74, 6) is -0.230. The summed E-state index contributed by atoms with van der Waals surface area (Å²) in [4.78, 5) is 38.3. The van der Waals surface area contributed by atoms with Crippen LogP contribution in [0.2, 0.25) is 0 Å². The number of hydrogen-bond donors (Lipinski definition) is 1. The molecule has 3 aromatic carbocycles. The second-order valence-electron chi connectivity index (χ2n) is 8.19. The van der Waals surface area contributed by atoms with Crippen LogP contribution in [-0.2, 0) is 20.7 Å². The Morgan fingerprint density at radius 1 is 1.03 bits per heavy atom. The first-order valence-corrected chi connectivity index (χ1v) is 11.7. The molecule has 0 fully saturated rings. The average molecular weight is 490 g/mol. The van der Waals surface area contributed by atoms with E-state index in [1.165, 1.54) is 0 Å². The van der Waals surface area contributed by atoms with Gasteiger partial charge in [-0.2, -0.15) is 0 Å². The topological polar surface area (TPSA) is 102 Å². The zero-order valence-corrected chi connectivity index (χ0v) is 19.9. The van der Waals surface area contributed by atoms with Crippen molar-refractivity contribution >= 4 is 23.3 Å². The van der Waals surface area contributed by atoms with E-state index in [1.54, 1.807) is 78.6 Å². The molecular weight excluding hydrogens is 462 g/mol. The summed E-state index contributed by atoms with van der Waals surface area (Å²) in [6, 6.07) is 21.1. The monoisotopic (exact) mass is 489 g/mol. The maximum absolute atomic E-state index is 12.9. The largest absolute Gasteiger partial charge is 0.492 e. The SMILES string of the molecule is CCOC(Cc1ccc(OCCN2C(=O)COc3ccc(C(=O)c4ccccc4)cc32)cc1)C(=O)O. The van der Waals surface area contributed by atoms with Crippen molar-refractivity contribution in [1.29, 1.82) is 0 Å². The van der Waals surface area contributed by atoms with Gasteiger partial charge < -0.3 is 24.2 Å². The number of carboxylic acids is 1. The van der Waals surface area contributed by atoms with E-state index in [0.29, 0.717) is 34.9 Å². The summed E-state index contributed by atoms with van der Waals surface area (Å²) >= 11 is 0. The molecule has 4 rings (SSSR count). The van der Waals surface area contributed by atoms with Gasteiger partial charge in [0.05, 0.1) is 12.2 Å². The lowest BCUT2D eigenvalue weighted by molar-refractivity contribution is -0.149. The van der Waals surface area contributed by atoms with E-state index in [0.717, 1.165) is 5.56 Å². The second-order valence-corrected chi connectivity index (χ2v) is 8.19. The van der Waals surface area contributed by atoms with Crippen molar-refractivity contribution in [2.45, 2.75) is 19.4 Å². The van der Waals surface area contributed by atoms with Crippen LogP contribution in [0, 0.1) is 0 Å². The minimum absolute atomic E-state index is 0.0851. The number of benzene rings is 3. The Balaban J connectivity index is 1.40. The van der Waals surface area contributed by atoms with Crippen LogP contribution in [0.15, 0.2) is 72.8 Å². The van der Waals surface area contributed by atoms with Gasteiger partial charge >= 0.3 is 5.97 Å². The van der Waals surface area contributed by atoms with Crippen molar-refractivity contribution in [3.8, 4) is 11.5 Å². The number of nitrogens with zero attached hydrogens (tertiary/aromatic N) is 1. The van der Waals surface area contributed by atoms with Gasteiger partial charge in [0.1, 0.15) is 18.1 Å². The molecule has 1 amide bonds. The number of hydrogen-bond acceptors (Lipinski definition) is 6. The molecule has 0 radical (unpaired) electrons. The lowest BCUT2D eigenvalue weighted by atomic mass is 10.0. The number of fused-ring (bicyclic) bond motifs is 1. The van der Waals surface area contributed by atoms with Gasteiger partial charge in [0.25, 0.3) is 5.91 Å². The molecular formula is C28H27NO7. The maximum atomic E-state index is 12.9. The molecule has 1 aliphatic heterocycles. The van der Waals surface area contributed by atoms with E-state index in [-0.39, 0.29) is 37.9 Å². The maximum Gasteiger partial charge on any atom is 0.333 e. The van der Waals surface area contributed by atoms with Crippen LogP contribution < -0.4 is 14.4 Å². The number of carbonyl (C=O) groups is 3. The predicted molar refractivity (Wildman–Crippen MR) is 133 cm³/mol. The molecule has 1 atom stereocenters. The highest BCUT2D eigenvalue weighted by atomic mass is 16.5. The van der Waals surface area contributed by atoms with Crippen LogP contribution in [0.5, 0.6) is 11.5 Å². The first kappa shape index (κ1) is 24.9. The summed E-state index contributed by atoms with van der Waals surface area (Å²) < 4.78 is 16.6. The molecule has 8 heteroatoms. The Labute approximate surface area is 209 Å². The van der Waals surface area contributed by atoms with Crippen LogP contribution in [0.25, 0.3) is 0 Å². The van der Waals surface area contributed by atoms with E-state index < -0.39 is 12.1 Å². The number of ether oxygens (including phenoxy) is 3. The highest BCUT2D eigenvalue weighted by molar-refractivity contribution is 6.10. The molecule has 0 spiro atoms. The highest BCUT2D eigenvalue weighted by Crippen LogP contribution is 2.33. The van der Waals surface area contributed by atoms with E-state index in [4.69, 9.17) is 14.2 Å². The summed E-state index contributed by atoms with van der Waals surface area (Å²) in [6.07, 6.45) is -0.639. The van der Waals surface area contributed by atoms with Crippen LogP contribution in [0.3, 0.4) is 0 Å². The van der Waals surface area contributed by atoms with E-state index >= 15 is 0 Å². The molecule has 8 nitrogen and oxygen atoms in total. The zero-order chi connectivity index (χ0) is 25.5. The third-order valence-electron chi connectivity index (χ3n) is 5.77. The fourth-order valence-corrected chi connectivity index (χ4v) is 3.95. The Bertz CT molecular complexity index is 1220. The lowest BCUT2D eigenvalue weighted by Gasteiger charge is -2.29. The fourth-order valence-electron chi connectivity index (χ4n) is 3.95. The van der Waals surface area contributed by atoms with Crippen molar-refractivity contribution in [3.63, 3.8) is 0 Å². The molecule has 1 N–H and O–H groups in total. The molecule has 186 valence electrons. The van der Waals surface area contributed by atoms with Crippen molar-refractivity contribution in [3.05, 3.63) is 89.5 Å². The fraction of sp³-hybridized carbons (Fsp3) is 0.250. The quantitative estimate of drug-likeness (QED) is 0.409. The molecule has 1 heterocycles. The van der Waals surface area contributed by atoms with Gasteiger partial charge in [-0.3, -0.25) is 9.59 Å². The van der Waals surface area contributed by atoms with Gasteiger partial charge in [-0.05, 0) is 42.8 Å². The number of anilines is 1. The van der Waals surface area contributed by atoms with Crippen LogP contribution >= 0.6 is 0 Å². The summed E-state index contributed by atoms with van der Waals surface area (Å²) in [7, 11) is 0. The molecule has 0 bridgehead atoms. The molecule has 1 unspecified atom stereocenters. The highest BCUT2D eigenvalue weighted by Gasteiger charge is 2.27. The third-order valence-corrected chi connectivity index (χ3v) is 5.77. The first-order chi connectivity index (χ1) is 17.5. The van der Waals surface area contributed by atoms with Crippen molar-refractivity contribution in [2.24, 2.45) is 0 Å². The number of amides is 1. The summed E-state index contributed by atoms with van der Waals surface area (Å²) in [5.41, 5.74) is 2.37. The van der Waals surface area contributed by atoms with Crippen LogP contribution in [0.4, 0.5) is 5.69 Å². The second kappa shape index (κ2) is 11.5. The van der Waals surface area contributed by atoms with Gasteiger partial charge in [0.15, 0.2) is 18.5 Å². The van der Waals surface area contributed by atoms with E-state index in [9.17, 15) is 19.5 Å². The van der Waals surface area contributed by atoms with Gasteiger partial charge in [-0.25, -0.2) is 4.79 Å². The Morgan fingerprint density at radius 3 is 2.47 bits per heavy atom. The number of aliphatic carboxylic acids is 1. The molecule has 0 aromatic heterocycles. The average Bonchev–Trinajstić information content (AvgIpc) is 2.90. The lowest BCUT2D eigenvalue weighted by Crippen LogP contribution is -2.41. The van der Waals surface area contributed by atoms with Crippen LogP contribution in [0.1, 0.15) is 28.4 Å². The van der Waals surface area contributed by atoms with Crippen molar-refractivity contribution in [2.75, 3.05) is 31.3 Å². The predicted octanol–water partition coefficient (Wildman–Crippen LogP) is 3.75. The number of carboxylic acid groups (broad SMARTS) is 1. The minimum atomic E-state index is -0.999. The number of carbonyl (C=O) groups excluding carboxylic acids is 2.